The van der Waals surface area contributed by atoms with E-state index in [0.29, 0.717) is 18.5 Å². The summed E-state index contributed by atoms with van der Waals surface area (Å²) < 4.78 is 26.6. The van der Waals surface area contributed by atoms with Crippen molar-refractivity contribution in [3.8, 4) is 0 Å². The fourth-order valence-electron chi connectivity index (χ4n) is 2.30. The first-order valence-corrected chi connectivity index (χ1v) is 7.35. The summed E-state index contributed by atoms with van der Waals surface area (Å²) in [6, 6.07) is 13.1. The summed E-state index contributed by atoms with van der Waals surface area (Å²) in [5, 5.41) is 2.87. The largest absolute Gasteiger partial charge is 0.352 e. The molecule has 4 heteroatoms. The fourth-order valence-corrected chi connectivity index (χ4v) is 2.30. The second-order valence-corrected chi connectivity index (χ2v) is 5.25. The number of nitrogens with one attached hydrogen (secondary N) is 1. The molecule has 1 amide bonds. The Labute approximate surface area is 129 Å². The number of hydrogen-bond acceptors (Lipinski definition) is 1. The van der Waals surface area contributed by atoms with E-state index in [4.69, 9.17) is 0 Å². The van der Waals surface area contributed by atoms with Gasteiger partial charge in [0, 0.05) is 18.5 Å². The molecule has 2 nitrogen and oxygen atoms in total. The summed E-state index contributed by atoms with van der Waals surface area (Å²) in [5.41, 5.74) is 1.38. The highest BCUT2D eigenvalue weighted by Crippen LogP contribution is 2.17. The quantitative estimate of drug-likeness (QED) is 0.863. The zero-order chi connectivity index (χ0) is 15.9. The minimum atomic E-state index is -0.608. The molecule has 2 aromatic rings. The van der Waals surface area contributed by atoms with Crippen molar-refractivity contribution in [3.05, 3.63) is 71.3 Å². The number of benzene rings is 2. The first kappa shape index (κ1) is 16.1. The minimum absolute atomic E-state index is 0.116. The van der Waals surface area contributed by atoms with Crippen LogP contribution in [0.5, 0.6) is 0 Å². The van der Waals surface area contributed by atoms with Crippen LogP contribution in [0.15, 0.2) is 48.5 Å². The van der Waals surface area contributed by atoms with Crippen LogP contribution in [-0.4, -0.2) is 5.91 Å². The Bertz CT molecular complexity index is 628. The van der Waals surface area contributed by atoms with Gasteiger partial charge in [0.1, 0.15) is 11.6 Å². The molecule has 0 bridgehead atoms. The molecule has 0 saturated carbocycles. The minimum Gasteiger partial charge on any atom is -0.352 e. The number of hydrogen-bond donors (Lipinski definition) is 1. The molecule has 0 aromatic heterocycles. The van der Waals surface area contributed by atoms with Crippen molar-refractivity contribution >= 4 is 5.91 Å². The highest BCUT2D eigenvalue weighted by molar-refractivity contribution is 5.78. The van der Waals surface area contributed by atoms with Crippen LogP contribution in [0.1, 0.15) is 24.5 Å². The number of amides is 1. The number of carbonyl (C=O) groups is 1. The van der Waals surface area contributed by atoms with E-state index in [0.717, 1.165) is 11.6 Å². The first-order chi connectivity index (χ1) is 10.6. The third-order valence-electron chi connectivity index (χ3n) is 3.65. The van der Waals surface area contributed by atoms with E-state index in [2.05, 4.69) is 5.32 Å². The molecule has 0 aliphatic rings. The second kappa shape index (κ2) is 7.69. The van der Waals surface area contributed by atoms with Crippen LogP contribution in [0, 0.1) is 17.6 Å². The molecule has 2 aromatic carbocycles. The molecule has 0 aliphatic heterocycles. The second-order valence-electron chi connectivity index (χ2n) is 5.25. The van der Waals surface area contributed by atoms with Gasteiger partial charge in [0.05, 0.1) is 0 Å². The van der Waals surface area contributed by atoms with Gasteiger partial charge in [0.15, 0.2) is 0 Å². The van der Waals surface area contributed by atoms with E-state index < -0.39 is 11.6 Å². The number of rotatable bonds is 6. The van der Waals surface area contributed by atoms with Crippen molar-refractivity contribution in [1.82, 2.24) is 5.32 Å². The van der Waals surface area contributed by atoms with Crippen LogP contribution in [0.2, 0.25) is 0 Å². The van der Waals surface area contributed by atoms with Crippen LogP contribution in [-0.2, 0) is 17.8 Å². The van der Waals surface area contributed by atoms with E-state index in [1.54, 1.807) is 0 Å². The van der Waals surface area contributed by atoms with Crippen molar-refractivity contribution in [3.63, 3.8) is 0 Å². The lowest BCUT2D eigenvalue weighted by atomic mass is 9.95. The molecule has 1 unspecified atom stereocenters. The lowest BCUT2D eigenvalue weighted by molar-refractivity contribution is -0.125. The third kappa shape index (κ3) is 4.38. The fraction of sp³-hybridized carbons (Fsp3) is 0.278. The van der Waals surface area contributed by atoms with E-state index in [1.807, 2.05) is 37.3 Å². The predicted molar refractivity (Wildman–Crippen MR) is 82.1 cm³/mol. The van der Waals surface area contributed by atoms with E-state index >= 15 is 0 Å². The normalized spacial score (nSPS) is 12.0. The molecule has 1 N–H and O–H groups in total. The predicted octanol–water partition coefficient (Wildman–Crippen LogP) is 3.85. The van der Waals surface area contributed by atoms with Crippen molar-refractivity contribution in [2.75, 3.05) is 0 Å². The highest BCUT2D eigenvalue weighted by atomic mass is 19.1. The van der Waals surface area contributed by atoms with Gasteiger partial charge in [0.2, 0.25) is 5.91 Å². The molecule has 0 aliphatic carbocycles. The van der Waals surface area contributed by atoms with Crippen LogP contribution >= 0.6 is 0 Å². The molecule has 0 fully saturated rings. The van der Waals surface area contributed by atoms with E-state index in [-0.39, 0.29) is 18.2 Å². The lowest BCUT2D eigenvalue weighted by Crippen LogP contribution is -2.31. The van der Waals surface area contributed by atoms with Crippen molar-refractivity contribution in [2.24, 2.45) is 5.92 Å². The zero-order valence-electron chi connectivity index (χ0n) is 12.5. The summed E-state index contributed by atoms with van der Waals surface area (Å²) in [6.07, 6.45) is 0.862. The summed E-state index contributed by atoms with van der Waals surface area (Å²) in [4.78, 5) is 12.2. The summed E-state index contributed by atoms with van der Waals surface area (Å²) >= 11 is 0. The van der Waals surface area contributed by atoms with Crippen LogP contribution in [0.25, 0.3) is 0 Å². The highest BCUT2D eigenvalue weighted by Gasteiger charge is 2.18. The smallest absolute Gasteiger partial charge is 0.223 e. The zero-order valence-corrected chi connectivity index (χ0v) is 12.5. The molecular formula is C18H19F2NO. The molecule has 0 heterocycles. The molecule has 116 valence electrons. The molecule has 0 radical (unpaired) electrons. The maximum absolute atomic E-state index is 13.7. The van der Waals surface area contributed by atoms with Gasteiger partial charge in [-0.1, -0.05) is 43.3 Å². The Hall–Kier alpha value is -2.23. The van der Waals surface area contributed by atoms with Gasteiger partial charge >= 0.3 is 0 Å². The molecular weight excluding hydrogens is 284 g/mol. The van der Waals surface area contributed by atoms with Gasteiger partial charge in [0.25, 0.3) is 0 Å². The van der Waals surface area contributed by atoms with Crippen molar-refractivity contribution in [2.45, 2.75) is 26.3 Å². The maximum atomic E-state index is 13.7. The van der Waals surface area contributed by atoms with Gasteiger partial charge in [-0.25, -0.2) is 8.78 Å². The summed E-state index contributed by atoms with van der Waals surface area (Å²) in [5.74, 6) is -1.66. The van der Waals surface area contributed by atoms with Crippen LogP contribution < -0.4 is 5.32 Å². The summed E-state index contributed by atoms with van der Waals surface area (Å²) in [6.45, 7) is 2.33. The summed E-state index contributed by atoms with van der Waals surface area (Å²) in [7, 11) is 0. The van der Waals surface area contributed by atoms with Crippen molar-refractivity contribution in [1.29, 1.82) is 0 Å². The average Bonchev–Trinajstić information content (AvgIpc) is 2.53. The average molecular weight is 303 g/mol. The Morgan fingerprint density at radius 1 is 1.14 bits per heavy atom. The Morgan fingerprint density at radius 3 is 2.50 bits per heavy atom. The lowest BCUT2D eigenvalue weighted by Gasteiger charge is -2.15. The molecule has 2 rings (SSSR count). The van der Waals surface area contributed by atoms with Gasteiger partial charge in [-0.3, -0.25) is 4.79 Å². The number of halogens is 2. The topological polar surface area (TPSA) is 29.1 Å². The van der Waals surface area contributed by atoms with E-state index in [1.165, 1.54) is 12.1 Å². The van der Waals surface area contributed by atoms with E-state index in [9.17, 15) is 13.6 Å². The van der Waals surface area contributed by atoms with Crippen molar-refractivity contribution < 1.29 is 13.6 Å². The van der Waals surface area contributed by atoms with Gasteiger partial charge in [-0.2, -0.15) is 0 Å². The third-order valence-corrected chi connectivity index (χ3v) is 3.65. The van der Waals surface area contributed by atoms with Crippen LogP contribution in [0.3, 0.4) is 0 Å². The maximum Gasteiger partial charge on any atom is 0.223 e. The Kier molecular flexibility index (Phi) is 5.64. The standard InChI is InChI=1S/C18H19F2NO/c1-2-14(10-15-8-9-16(19)11-17(15)20)18(22)21-12-13-6-4-3-5-7-13/h3-9,11,14H,2,10,12H2,1H3,(H,21,22). The Morgan fingerprint density at radius 2 is 1.86 bits per heavy atom. The molecule has 22 heavy (non-hydrogen) atoms. The monoisotopic (exact) mass is 303 g/mol. The Balaban J connectivity index is 1.97. The molecule has 1 atom stereocenters. The molecule has 0 saturated heterocycles. The van der Waals surface area contributed by atoms with Gasteiger partial charge < -0.3 is 5.32 Å². The number of carbonyl (C=O) groups excluding carboxylic acids is 1. The SMILES string of the molecule is CCC(Cc1ccc(F)cc1F)C(=O)NCc1ccccc1. The molecule has 0 spiro atoms. The van der Waals surface area contributed by atoms with Gasteiger partial charge in [-0.05, 0) is 30.0 Å². The first-order valence-electron chi connectivity index (χ1n) is 7.35. The van der Waals surface area contributed by atoms with Crippen LogP contribution in [0.4, 0.5) is 8.78 Å². The van der Waals surface area contributed by atoms with Gasteiger partial charge in [-0.15, -0.1) is 0 Å².